The number of carbonyl (C=O) groups excluding carboxylic acids is 2. The fourth-order valence-electron chi connectivity index (χ4n) is 3.73. The van der Waals surface area contributed by atoms with Crippen molar-refractivity contribution >= 4 is 38.7 Å². The molecule has 1 aromatic rings. The Labute approximate surface area is 163 Å². The van der Waals surface area contributed by atoms with E-state index in [-0.39, 0.29) is 45.4 Å². The van der Waals surface area contributed by atoms with E-state index in [0.29, 0.717) is 35.2 Å². The molecule has 0 radical (unpaired) electrons. The minimum Gasteiger partial charge on any atom is -0.399 e. The van der Waals surface area contributed by atoms with E-state index in [1.54, 1.807) is 13.8 Å². The molecule has 1 aliphatic heterocycles. The topological polar surface area (TPSA) is 89.9 Å². The third kappa shape index (κ3) is 3.34. The van der Waals surface area contributed by atoms with Gasteiger partial charge in [-0.1, -0.05) is 16.8 Å². The number of fused-ring (bicyclic) bond motifs is 1. The number of ketones is 2. The Morgan fingerprint density at radius 1 is 1.22 bits per heavy atom. The minimum atomic E-state index is -3.49. The molecule has 0 N–H and O–H groups in total. The summed E-state index contributed by atoms with van der Waals surface area (Å²) in [7, 11) is -2.10. The predicted octanol–water partition coefficient (Wildman–Crippen LogP) is 3.26. The Balaban J connectivity index is 2.28. The molecule has 0 saturated heterocycles. The van der Waals surface area contributed by atoms with Gasteiger partial charge in [0, 0.05) is 29.0 Å². The Morgan fingerprint density at radius 3 is 2.56 bits per heavy atom. The number of nitrogens with zero attached hydrogens (tertiary/aromatic N) is 1. The van der Waals surface area contributed by atoms with Crippen LogP contribution in [0.2, 0.25) is 0 Å². The first-order valence-corrected chi connectivity index (χ1v) is 10.7. The van der Waals surface area contributed by atoms with Gasteiger partial charge in [-0.05, 0) is 43.9 Å². The Hall–Kier alpha value is -1.99. The molecule has 0 aromatic heterocycles. The van der Waals surface area contributed by atoms with Gasteiger partial charge in [0.25, 0.3) is 0 Å². The maximum absolute atomic E-state index is 13.1. The molecule has 6 nitrogen and oxygen atoms in total. The minimum absolute atomic E-state index is 0.00858. The van der Waals surface area contributed by atoms with Crippen molar-refractivity contribution in [3.05, 3.63) is 38.9 Å². The zero-order chi connectivity index (χ0) is 19.9. The van der Waals surface area contributed by atoms with Gasteiger partial charge in [-0.15, -0.1) is 0 Å². The molecule has 0 unspecified atom stereocenters. The molecule has 0 atom stereocenters. The zero-order valence-electron chi connectivity index (χ0n) is 15.4. The molecule has 0 bridgehead atoms. The number of carbonyl (C=O) groups is 2. The first kappa shape index (κ1) is 19.8. The van der Waals surface area contributed by atoms with Gasteiger partial charge in [-0.3, -0.25) is 9.59 Å². The van der Waals surface area contributed by atoms with Crippen LogP contribution in [0.15, 0.2) is 26.7 Å². The molecule has 0 amide bonds. The monoisotopic (exact) mass is 409 g/mol. The second-order valence-electron chi connectivity index (χ2n) is 6.75. The summed E-state index contributed by atoms with van der Waals surface area (Å²) in [5, 5.41) is 4.24. The number of halogens is 1. The van der Waals surface area contributed by atoms with E-state index in [4.69, 9.17) is 16.4 Å². The normalized spacial score (nSPS) is 20.6. The van der Waals surface area contributed by atoms with Gasteiger partial charge >= 0.3 is 0 Å². The predicted molar refractivity (Wildman–Crippen MR) is 102 cm³/mol. The van der Waals surface area contributed by atoms with Crippen LogP contribution < -0.4 is 0 Å². The standard InChI is InChI=1S/C19H20ClNO5S/c1-10-9-12(18(23)17-13(20)5-4-6-15(17)22)11(2)16-14(21-26-3)7-8-27(24,25)19(10)16/h9H,4-8H2,1-3H3. The summed E-state index contributed by atoms with van der Waals surface area (Å²) < 4.78 is 25.2. The second kappa shape index (κ2) is 7.20. The van der Waals surface area contributed by atoms with Gasteiger partial charge in [-0.25, -0.2) is 8.42 Å². The van der Waals surface area contributed by atoms with Crippen molar-refractivity contribution in [1.82, 2.24) is 0 Å². The van der Waals surface area contributed by atoms with Crippen LogP contribution in [0.5, 0.6) is 0 Å². The van der Waals surface area contributed by atoms with Crippen molar-refractivity contribution in [1.29, 1.82) is 0 Å². The molecular formula is C19H20ClNO5S. The van der Waals surface area contributed by atoms with Gasteiger partial charge in [0.2, 0.25) is 0 Å². The second-order valence-corrected chi connectivity index (χ2v) is 9.25. The van der Waals surface area contributed by atoms with Crippen molar-refractivity contribution in [2.45, 2.75) is 44.4 Å². The highest BCUT2D eigenvalue weighted by atomic mass is 35.5. The van der Waals surface area contributed by atoms with E-state index in [9.17, 15) is 18.0 Å². The van der Waals surface area contributed by atoms with Crippen LogP contribution in [0.25, 0.3) is 0 Å². The smallest absolute Gasteiger partial charge is 0.198 e. The van der Waals surface area contributed by atoms with E-state index in [2.05, 4.69) is 5.16 Å². The molecule has 0 spiro atoms. The molecule has 8 heteroatoms. The van der Waals surface area contributed by atoms with Crippen molar-refractivity contribution < 1.29 is 22.8 Å². The van der Waals surface area contributed by atoms with Crippen LogP contribution in [0.1, 0.15) is 52.7 Å². The lowest BCUT2D eigenvalue weighted by Crippen LogP contribution is -2.27. The quantitative estimate of drug-likeness (QED) is 0.434. The molecule has 2 aliphatic rings. The van der Waals surface area contributed by atoms with Crippen LogP contribution >= 0.6 is 11.6 Å². The highest BCUT2D eigenvalue weighted by Crippen LogP contribution is 2.35. The maximum atomic E-state index is 13.1. The van der Waals surface area contributed by atoms with E-state index < -0.39 is 15.6 Å². The first-order chi connectivity index (χ1) is 12.7. The number of benzene rings is 1. The average molecular weight is 410 g/mol. The summed E-state index contributed by atoms with van der Waals surface area (Å²) in [6.45, 7) is 3.31. The van der Waals surface area contributed by atoms with Gasteiger partial charge in [0.1, 0.15) is 7.11 Å². The molecule has 1 aromatic carbocycles. The zero-order valence-corrected chi connectivity index (χ0v) is 17.0. The summed E-state index contributed by atoms with van der Waals surface area (Å²) >= 11 is 6.18. The Kier molecular flexibility index (Phi) is 5.27. The van der Waals surface area contributed by atoms with Crippen molar-refractivity contribution in [3.63, 3.8) is 0 Å². The number of rotatable bonds is 3. The van der Waals surface area contributed by atoms with Gasteiger partial charge in [0.05, 0.1) is 21.9 Å². The summed E-state index contributed by atoms with van der Waals surface area (Å²) in [6.07, 6.45) is 1.59. The molecule has 27 heavy (non-hydrogen) atoms. The SMILES string of the molecule is CON=C1CCS(=O)(=O)c2c(C)cc(C(=O)C3=C(Cl)CCCC3=O)c(C)c21. The fraction of sp³-hybridized carbons (Fsp3) is 0.421. The molecule has 144 valence electrons. The number of sulfone groups is 1. The van der Waals surface area contributed by atoms with Gasteiger partial charge in [-0.2, -0.15) is 0 Å². The lowest BCUT2D eigenvalue weighted by atomic mass is 9.86. The van der Waals surface area contributed by atoms with Crippen LogP contribution in [-0.4, -0.2) is 38.6 Å². The lowest BCUT2D eigenvalue weighted by Gasteiger charge is -2.24. The number of Topliss-reactive ketones (excluding diaryl/α,β-unsaturated/α-hetero) is 2. The van der Waals surface area contributed by atoms with Crippen molar-refractivity contribution in [3.8, 4) is 0 Å². The van der Waals surface area contributed by atoms with Crippen LogP contribution in [0, 0.1) is 13.8 Å². The average Bonchev–Trinajstić information content (AvgIpc) is 2.59. The largest absolute Gasteiger partial charge is 0.399 e. The molecule has 0 saturated carbocycles. The third-order valence-electron chi connectivity index (χ3n) is 4.96. The third-order valence-corrected chi connectivity index (χ3v) is 7.22. The van der Waals surface area contributed by atoms with Crippen LogP contribution in [0.3, 0.4) is 0 Å². The lowest BCUT2D eigenvalue weighted by molar-refractivity contribution is -0.115. The Bertz CT molecular complexity index is 1020. The number of hydrogen-bond donors (Lipinski definition) is 0. The van der Waals surface area contributed by atoms with Crippen molar-refractivity contribution in [2.24, 2.45) is 5.16 Å². The van der Waals surface area contributed by atoms with Crippen LogP contribution in [-0.2, 0) is 19.5 Å². The molecular weight excluding hydrogens is 390 g/mol. The van der Waals surface area contributed by atoms with Gasteiger partial charge in [0.15, 0.2) is 21.4 Å². The summed E-state index contributed by atoms with van der Waals surface area (Å²) in [6, 6.07) is 1.53. The number of allylic oxidation sites excluding steroid dienone is 2. The summed E-state index contributed by atoms with van der Waals surface area (Å²) in [5.41, 5.74) is 2.07. The van der Waals surface area contributed by atoms with Gasteiger partial charge < -0.3 is 4.84 Å². The number of hydrogen-bond acceptors (Lipinski definition) is 6. The molecule has 1 heterocycles. The number of aryl methyl sites for hydroxylation is 1. The summed E-state index contributed by atoms with van der Waals surface area (Å²) in [4.78, 5) is 30.4. The van der Waals surface area contributed by atoms with E-state index >= 15 is 0 Å². The van der Waals surface area contributed by atoms with Crippen molar-refractivity contribution in [2.75, 3.05) is 12.9 Å². The van der Waals surface area contributed by atoms with E-state index in [1.165, 1.54) is 13.2 Å². The molecule has 0 fully saturated rings. The molecule has 1 aliphatic carbocycles. The Morgan fingerprint density at radius 2 is 1.93 bits per heavy atom. The van der Waals surface area contributed by atoms with E-state index in [0.717, 1.165) is 0 Å². The highest BCUT2D eigenvalue weighted by Gasteiger charge is 2.35. The van der Waals surface area contributed by atoms with Crippen LogP contribution in [0.4, 0.5) is 0 Å². The summed E-state index contributed by atoms with van der Waals surface area (Å²) in [5.74, 6) is -0.803. The fourth-order valence-corrected chi connectivity index (χ4v) is 5.85. The van der Waals surface area contributed by atoms with E-state index in [1.807, 2.05) is 0 Å². The molecule has 3 rings (SSSR count). The first-order valence-electron chi connectivity index (χ1n) is 8.63. The number of oxime groups is 1. The maximum Gasteiger partial charge on any atom is 0.198 e. The highest BCUT2D eigenvalue weighted by molar-refractivity contribution is 7.91.